The Bertz CT molecular complexity index is 795. The van der Waals surface area contributed by atoms with Gasteiger partial charge in [-0.3, -0.25) is 5.43 Å². The number of hydrazine groups is 1. The van der Waals surface area contributed by atoms with Gasteiger partial charge < -0.3 is 19.9 Å². The molecule has 150 valence electrons. The highest BCUT2D eigenvalue weighted by molar-refractivity contribution is 6.30. The van der Waals surface area contributed by atoms with Crippen molar-refractivity contribution < 1.29 is 4.74 Å². The van der Waals surface area contributed by atoms with Crippen LogP contribution in [0, 0.1) is 0 Å². The highest BCUT2D eigenvalue weighted by atomic mass is 35.5. The van der Waals surface area contributed by atoms with Gasteiger partial charge >= 0.3 is 6.01 Å². The number of hydrogen-bond donors (Lipinski definition) is 3. The summed E-state index contributed by atoms with van der Waals surface area (Å²) in [7, 11) is 2.14. The fraction of sp³-hybridized carbons (Fsp3) is 0.474. The van der Waals surface area contributed by atoms with Crippen molar-refractivity contribution in [3.05, 3.63) is 35.4 Å². The van der Waals surface area contributed by atoms with E-state index in [0.29, 0.717) is 22.8 Å². The molecule has 2 aliphatic rings. The SMILES string of the molecule is CC1CC(Nc2cc(N3CCN(C)CC3)nc(Oc3ccc(Cl)cc3)n2)NN1. The van der Waals surface area contributed by atoms with Gasteiger partial charge in [0.05, 0.1) is 6.17 Å². The minimum absolute atomic E-state index is 0.105. The molecule has 2 unspecified atom stereocenters. The zero-order valence-electron chi connectivity index (χ0n) is 16.2. The Morgan fingerprint density at radius 2 is 1.86 bits per heavy atom. The van der Waals surface area contributed by atoms with Crippen LogP contribution >= 0.6 is 11.6 Å². The van der Waals surface area contributed by atoms with Crippen molar-refractivity contribution in [1.29, 1.82) is 0 Å². The predicted octanol–water partition coefficient (Wildman–Crippen LogP) is 2.30. The van der Waals surface area contributed by atoms with Gasteiger partial charge in [0, 0.05) is 43.3 Å². The van der Waals surface area contributed by atoms with E-state index in [1.807, 2.05) is 18.2 Å². The number of anilines is 2. The number of aromatic nitrogens is 2. The van der Waals surface area contributed by atoms with E-state index in [1.165, 1.54) is 0 Å². The summed E-state index contributed by atoms with van der Waals surface area (Å²) < 4.78 is 5.92. The highest BCUT2D eigenvalue weighted by Crippen LogP contribution is 2.26. The minimum Gasteiger partial charge on any atom is -0.424 e. The minimum atomic E-state index is 0.105. The van der Waals surface area contributed by atoms with Gasteiger partial charge in [0.15, 0.2) is 0 Å². The first-order chi connectivity index (χ1) is 13.5. The molecule has 2 fully saturated rings. The molecule has 9 heteroatoms. The van der Waals surface area contributed by atoms with Crippen molar-refractivity contribution in [2.75, 3.05) is 43.4 Å². The molecular formula is C19H26ClN7O. The van der Waals surface area contributed by atoms with Gasteiger partial charge in [-0.05, 0) is 44.7 Å². The number of halogens is 1. The lowest BCUT2D eigenvalue weighted by atomic mass is 10.2. The Balaban J connectivity index is 1.57. The molecule has 2 saturated heterocycles. The van der Waals surface area contributed by atoms with E-state index in [4.69, 9.17) is 16.3 Å². The van der Waals surface area contributed by atoms with Gasteiger partial charge in [0.2, 0.25) is 0 Å². The largest absolute Gasteiger partial charge is 0.424 e. The Kier molecular flexibility index (Phi) is 5.82. The van der Waals surface area contributed by atoms with Crippen LogP contribution < -0.4 is 25.8 Å². The molecule has 2 aliphatic heterocycles. The standard InChI is InChI=1S/C19H26ClN7O/c1-13-11-17(25-24-13)21-16-12-18(27-9-7-26(2)8-10-27)23-19(22-16)28-15-5-3-14(20)4-6-15/h3-6,12-13,17,24-25H,7-11H2,1-2H3,(H,21,22,23). The summed E-state index contributed by atoms with van der Waals surface area (Å²) >= 11 is 5.97. The maximum absolute atomic E-state index is 5.97. The number of rotatable bonds is 5. The maximum Gasteiger partial charge on any atom is 0.325 e. The smallest absolute Gasteiger partial charge is 0.325 e. The summed E-state index contributed by atoms with van der Waals surface area (Å²) in [6.45, 7) is 6.00. The van der Waals surface area contributed by atoms with Crippen molar-refractivity contribution in [2.24, 2.45) is 0 Å². The van der Waals surface area contributed by atoms with Crippen molar-refractivity contribution in [2.45, 2.75) is 25.6 Å². The van der Waals surface area contributed by atoms with Gasteiger partial charge in [0.25, 0.3) is 0 Å². The zero-order chi connectivity index (χ0) is 19.5. The van der Waals surface area contributed by atoms with Crippen LogP contribution in [0.4, 0.5) is 11.6 Å². The van der Waals surface area contributed by atoms with Gasteiger partial charge in [-0.25, -0.2) is 5.43 Å². The second kappa shape index (κ2) is 8.48. The lowest BCUT2D eigenvalue weighted by Gasteiger charge is -2.33. The molecule has 1 aromatic heterocycles. The van der Waals surface area contributed by atoms with Crippen molar-refractivity contribution in [3.8, 4) is 11.8 Å². The number of hydrogen-bond acceptors (Lipinski definition) is 8. The third-order valence-electron chi connectivity index (χ3n) is 4.96. The van der Waals surface area contributed by atoms with E-state index in [9.17, 15) is 0 Å². The second-order valence-electron chi connectivity index (χ2n) is 7.36. The number of benzene rings is 1. The molecule has 0 saturated carbocycles. The monoisotopic (exact) mass is 403 g/mol. The summed E-state index contributed by atoms with van der Waals surface area (Å²) in [5.74, 6) is 2.26. The van der Waals surface area contributed by atoms with Gasteiger partial charge in [-0.15, -0.1) is 0 Å². The summed E-state index contributed by atoms with van der Waals surface area (Å²) in [4.78, 5) is 13.8. The number of piperazine rings is 1. The van der Waals surface area contributed by atoms with Crippen molar-refractivity contribution >= 4 is 23.2 Å². The summed E-state index contributed by atoms with van der Waals surface area (Å²) in [6, 6.07) is 9.91. The van der Waals surface area contributed by atoms with Gasteiger partial charge in [-0.2, -0.15) is 9.97 Å². The molecule has 0 spiro atoms. The Morgan fingerprint density at radius 3 is 2.54 bits per heavy atom. The van der Waals surface area contributed by atoms with Gasteiger partial charge in [0.1, 0.15) is 17.4 Å². The second-order valence-corrected chi connectivity index (χ2v) is 7.80. The third kappa shape index (κ3) is 4.82. The number of ether oxygens (including phenoxy) is 1. The number of nitrogens with one attached hydrogen (secondary N) is 3. The van der Waals surface area contributed by atoms with Crippen LogP contribution in [0.1, 0.15) is 13.3 Å². The first-order valence-electron chi connectivity index (χ1n) is 9.59. The fourth-order valence-corrected chi connectivity index (χ4v) is 3.45. The van der Waals surface area contributed by atoms with Crippen LogP contribution in [0.3, 0.4) is 0 Å². The van der Waals surface area contributed by atoms with E-state index in [1.54, 1.807) is 12.1 Å². The van der Waals surface area contributed by atoms with E-state index in [2.05, 4.69) is 49.9 Å². The van der Waals surface area contributed by atoms with E-state index in [-0.39, 0.29) is 6.17 Å². The van der Waals surface area contributed by atoms with E-state index < -0.39 is 0 Å². The average molecular weight is 404 g/mol. The number of nitrogens with zero attached hydrogens (tertiary/aromatic N) is 4. The van der Waals surface area contributed by atoms with E-state index in [0.717, 1.165) is 44.2 Å². The van der Waals surface area contributed by atoms with Gasteiger partial charge in [-0.1, -0.05) is 11.6 Å². The molecule has 28 heavy (non-hydrogen) atoms. The molecule has 0 bridgehead atoms. The summed E-state index contributed by atoms with van der Waals surface area (Å²) in [5, 5.41) is 4.09. The molecule has 3 heterocycles. The molecule has 8 nitrogen and oxygen atoms in total. The molecule has 0 aliphatic carbocycles. The Hall–Kier alpha value is -2.13. The lowest BCUT2D eigenvalue weighted by molar-refractivity contribution is 0.311. The average Bonchev–Trinajstić information content (AvgIpc) is 3.09. The molecular weight excluding hydrogens is 378 g/mol. The lowest BCUT2D eigenvalue weighted by Crippen LogP contribution is -2.45. The van der Waals surface area contributed by atoms with Crippen molar-refractivity contribution in [3.63, 3.8) is 0 Å². The van der Waals surface area contributed by atoms with Crippen LogP contribution in [0.15, 0.2) is 30.3 Å². The topological polar surface area (TPSA) is 77.6 Å². The maximum atomic E-state index is 5.97. The molecule has 3 N–H and O–H groups in total. The Labute approximate surface area is 170 Å². The quantitative estimate of drug-likeness (QED) is 0.702. The summed E-state index contributed by atoms with van der Waals surface area (Å²) in [5.41, 5.74) is 6.45. The van der Waals surface area contributed by atoms with Crippen LogP contribution in [0.5, 0.6) is 11.8 Å². The van der Waals surface area contributed by atoms with Crippen LogP contribution in [0.25, 0.3) is 0 Å². The van der Waals surface area contributed by atoms with Crippen LogP contribution in [-0.2, 0) is 0 Å². The van der Waals surface area contributed by atoms with Crippen LogP contribution in [0.2, 0.25) is 5.02 Å². The van der Waals surface area contributed by atoms with E-state index >= 15 is 0 Å². The fourth-order valence-electron chi connectivity index (χ4n) is 3.33. The molecule has 2 aromatic rings. The molecule has 0 radical (unpaired) electrons. The number of likely N-dealkylation sites (N-methyl/N-ethyl adjacent to an activating group) is 1. The summed E-state index contributed by atoms with van der Waals surface area (Å²) in [6.07, 6.45) is 1.06. The highest BCUT2D eigenvalue weighted by Gasteiger charge is 2.22. The predicted molar refractivity (Wildman–Crippen MR) is 111 cm³/mol. The molecule has 4 rings (SSSR count). The molecule has 2 atom stereocenters. The molecule has 1 aromatic carbocycles. The molecule has 0 amide bonds. The zero-order valence-corrected chi connectivity index (χ0v) is 16.9. The first kappa shape index (κ1) is 19.2. The normalized spacial score (nSPS) is 23.0. The Morgan fingerprint density at radius 1 is 1.11 bits per heavy atom. The first-order valence-corrected chi connectivity index (χ1v) is 9.96. The third-order valence-corrected chi connectivity index (χ3v) is 5.21. The van der Waals surface area contributed by atoms with Crippen molar-refractivity contribution in [1.82, 2.24) is 25.7 Å². The van der Waals surface area contributed by atoms with Crippen LogP contribution in [-0.4, -0.2) is 60.3 Å².